The first-order valence-corrected chi connectivity index (χ1v) is 7.99. The number of piperazine rings is 1. The minimum absolute atomic E-state index is 0.317. The summed E-state index contributed by atoms with van der Waals surface area (Å²) < 4.78 is 10.8. The van der Waals surface area contributed by atoms with E-state index in [-0.39, 0.29) is 0 Å². The maximum Gasteiger partial charge on any atom is 0.231 e. The Morgan fingerprint density at radius 1 is 1.09 bits per heavy atom. The number of nitrogens with zero attached hydrogens (tertiary/aromatic N) is 4. The van der Waals surface area contributed by atoms with Gasteiger partial charge in [-0.05, 0) is 17.7 Å². The molecule has 2 aromatic rings. The first-order chi connectivity index (χ1) is 11.3. The van der Waals surface area contributed by atoms with Gasteiger partial charge in [-0.3, -0.25) is 4.90 Å². The average Bonchev–Trinajstić information content (AvgIpc) is 3.04. The zero-order chi connectivity index (χ0) is 15.6. The number of hydrogen-bond acceptors (Lipinski definition) is 6. The summed E-state index contributed by atoms with van der Waals surface area (Å²) in [5.41, 5.74) is 1.24. The van der Waals surface area contributed by atoms with Crippen LogP contribution in [0.5, 0.6) is 11.5 Å². The van der Waals surface area contributed by atoms with Gasteiger partial charge in [0.1, 0.15) is 11.3 Å². The molecule has 0 N–H and O–H groups in total. The third-order valence-electron chi connectivity index (χ3n) is 4.16. The molecule has 0 unspecified atom stereocenters. The molecule has 0 aliphatic carbocycles. The molecular formula is C16H17ClN4O2. The Labute approximate surface area is 139 Å². The summed E-state index contributed by atoms with van der Waals surface area (Å²) in [6.45, 7) is 4.96. The number of ether oxygens (including phenoxy) is 2. The van der Waals surface area contributed by atoms with Crippen molar-refractivity contribution in [2.45, 2.75) is 6.54 Å². The number of fused-ring (bicyclic) bond motifs is 1. The van der Waals surface area contributed by atoms with Gasteiger partial charge in [0, 0.05) is 32.7 Å². The van der Waals surface area contributed by atoms with Crippen LogP contribution in [0.4, 0.5) is 5.82 Å². The van der Waals surface area contributed by atoms with Crippen molar-refractivity contribution in [2.24, 2.45) is 0 Å². The lowest BCUT2D eigenvalue weighted by Crippen LogP contribution is -2.46. The molecule has 4 rings (SSSR count). The van der Waals surface area contributed by atoms with Gasteiger partial charge in [-0.1, -0.05) is 17.7 Å². The van der Waals surface area contributed by atoms with Crippen molar-refractivity contribution in [2.75, 3.05) is 37.9 Å². The molecular weight excluding hydrogens is 316 g/mol. The standard InChI is InChI=1S/C16H17ClN4O2/c17-13-8-18-10-19-16(13)21-5-3-20(4-6-21)9-12-1-2-14-15(7-12)23-11-22-14/h1-2,7-8,10H,3-6,9,11H2. The van der Waals surface area contributed by atoms with E-state index in [1.807, 2.05) is 6.07 Å². The first-order valence-electron chi connectivity index (χ1n) is 7.61. The molecule has 0 saturated carbocycles. The zero-order valence-corrected chi connectivity index (χ0v) is 13.4. The van der Waals surface area contributed by atoms with Crippen molar-refractivity contribution in [1.82, 2.24) is 14.9 Å². The summed E-state index contributed by atoms with van der Waals surface area (Å²) in [7, 11) is 0. The number of aromatic nitrogens is 2. The van der Waals surface area contributed by atoms with E-state index in [1.165, 1.54) is 5.56 Å². The van der Waals surface area contributed by atoms with E-state index < -0.39 is 0 Å². The van der Waals surface area contributed by atoms with Crippen molar-refractivity contribution in [3.63, 3.8) is 0 Å². The van der Waals surface area contributed by atoms with Crippen molar-refractivity contribution in [3.05, 3.63) is 41.3 Å². The predicted molar refractivity (Wildman–Crippen MR) is 87.1 cm³/mol. The van der Waals surface area contributed by atoms with Gasteiger partial charge in [-0.15, -0.1) is 0 Å². The van der Waals surface area contributed by atoms with E-state index in [0.717, 1.165) is 50.0 Å². The van der Waals surface area contributed by atoms with E-state index in [2.05, 4.69) is 31.9 Å². The zero-order valence-electron chi connectivity index (χ0n) is 12.6. The highest BCUT2D eigenvalue weighted by atomic mass is 35.5. The fourth-order valence-corrected chi connectivity index (χ4v) is 3.18. The Hall–Kier alpha value is -2.05. The third kappa shape index (κ3) is 3.04. The van der Waals surface area contributed by atoms with Gasteiger partial charge in [0.25, 0.3) is 0 Å². The summed E-state index contributed by atoms with van der Waals surface area (Å²) in [5.74, 6) is 2.50. The molecule has 1 aromatic heterocycles. The van der Waals surface area contributed by atoms with Crippen LogP contribution in [0.3, 0.4) is 0 Å². The van der Waals surface area contributed by atoms with Crippen molar-refractivity contribution < 1.29 is 9.47 Å². The Kier molecular flexibility index (Phi) is 3.93. The molecule has 1 saturated heterocycles. The number of anilines is 1. The topological polar surface area (TPSA) is 50.7 Å². The van der Waals surface area contributed by atoms with Crippen molar-refractivity contribution >= 4 is 17.4 Å². The lowest BCUT2D eigenvalue weighted by Gasteiger charge is -2.35. The number of hydrogen-bond donors (Lipinski definition) is 0. The molecule has 0 radical (unpaired) electrons. The van der Waals surface area contributed by atoms with Gasteiger partial charge >= 0.3 is 0 Å². The molecule has 0 bridgehead atoms. The molecule has 120 valence electrons. The monoisotopic (exact) mass is 332 g/mol. The van der Waals surface area contributed by atoms with E-state index in [4.69, 9.17) is 21.1 Å². The van der Waals surface area contributed by atoms with Gasteiger partial charge in [-0.25, -0.2) is 9.97 Å². The Morgan fingerprint density at radius 2 is 1.91 bits per heavy atom. The van der Waals surface area contributed by atoms with Gasteiger partial charge < -0.3 is 14.4 Å². The Morgan fingerprint density at radius 3 is 2.74 bits per heavy atom. The van der Waals surface area contributed by atoms with E-state index in [0.29, 0.717) is 11.8 Å². The largest absolute Gasteiger partial charge is 0.454 e. The van der Waals surface area contributed by atoms with E-state index >= 15 is 0 Å². The van der Waals surface area contributed by atoms with Crippen LogP contribution in [0.2, 0.25) is 5.02 Å². The van der Waals surface area contributed by atoms with E-state index in [9.17, 15) is 0 Å². The quantitative estimate of drug-likeness (QED) is 0.858. The average molecular weight is 333 g/mol. The van der Waals surface area contributed by atoms with Gasteiger partial charge in [-0.2, -0.15) is 0 Å². The summed E-state index contributed by atoms with van der Waals surface area (Å²) in [6, 6.07) is 6.14. The molecule has 6 nitrogen and oxygen atoms in total. The molecule has 0 spiro atoms. The molecule has 3 heterocycles. The molecule has 7 heteroatoms. The summed E-state index contributed by atoms with van der Waals surface area (Å²) in [5, 5.41) is 0.608. The Balaban J connectivity index is 1.37. The second-order valence-electron chi connectivity index (χ2n) is 5.65. The summed E-state index contributed by atoms with van der Waals surface area (Å²) in [6.07, 6.45) is 3.18. The smallest absolute Gasteiger partial charge is 0.231 e. The fraction of sp³-hybridized carbons (Fsp3) is 0.375. The summed E-state index contributed by atoms with van der Waals surface area (Å²) >= 11 is 6.17. The van der Waals surface area contributed by atoms with Crippen LogP contribution >= 0.6 is 11.6 Å². The maximum absolute atomic E-state index is 6.17. The molecule has 23 heavy (non-hydrogen) atoms. The summed E-state index contributed by atoms with van der Waals surface area (Å²) in [4.78, 5) is 12.8. The molecule has 1 aromatic carbocycles. The van der Waals surface area contributed by atoms with Crippen LogP contribution in [0.25, 0.3) is 0 Å². The predicted octanol–water partition coefficient (Wildman–Crippen LogP) is 2.18. The molecule has 2 aliphatic heterocycles. The van der Waals surface area contributed by atoms with Crippen LogP contribution in [0.15, 0.2) is 30.7 Å². The lowest BCUT2D eigenvalue weighted by molar-refractivity contribution is 0.174. The third-order valence-corrected chi connectivity index (χ3v) is 4.43. The molecule has 0 atom stereocenters. The van der Waals surface area contributed by atoms with Crippen LogP contribution < -0.4 is 14.4 Å². The van der Waals surface area contributed by atoms with E-state index in [1.54, 1.807) is 12.5 Å². The Bertz CT molecular complexity index is 704. The first kappa shape index (κ1) is 14.5. The highest BCUT2D eigenvalue weighted by Gasteiger charge is 2.21. The molecule has 2 aliphatic rings. The van der Waals surface area contributed by atoms with Gasteiger partial charge in [0.2, 0.25) is 6.79 Å². The van der Waals surface area contributed by atoms with Crippen LogP contribution in [0, 0.1) is 0 Å². The number of benzene rings is 1. The molecule has 0 amide bonds. The van der Waals surface area contributed by atoms with Crippen molar-refractivity contribution in [3.8, 4) is 11.5 Å². The molecule has 1 fully saturated rings. The lowest BCUT2D eigenvalue weighted by atomic mass is 10.1. The van der Waals surface area contributed by atoms with Gasteiger partial charge in [0.05, 0.1) is 6.20 Å². The maximum atomic E-state index is 6.17. The second kappa shape index (κ2) is 6.22. The minimum Gasteiger partial charge on any atom is -0.454 e. The van der Waals surface area contributed by atoms with Gasteiger partial charge in [0.15, 0.2) is 17.3 Å². The minimum atomic E-state index is 0.317. The van der Waals surface area contributed by atoms with Crippen molar-refractivity contribution in [1.29, 1.82) is 0 Å². The van der Waals surface area contributed by atoms with Crippen LogP contribution in [-0.4, -0.2) is 47.8 Å². The normalized spacial score (nSPS) is 17.5. The van der Waals surface area contributed by atoms with Crippen LogP contribution in [-0.2, 0) is 6.54 Å². The number of rotatable bonds is 3. The van der Waals surface area contributed by atoms with Crippen LogP contribution in [0.1, 0.15) is 5.56 Å². The highest BCUT2D eigenvalue weighted by Crippen LogP contribution is 2.33. The highest BCUT2D eigenvalue weighted by molar-refractivity contribution is 6.32. The number of halogens is 1. The second-order valence-corrected chi connectivity index (χ2v) is 6.05. The fourth-order valence-electron chi connectivity index (χ4n) is 2.95. The SMILES string of the molecule is Clc1cncnc1N1CCN(Cc2ccc3c(c2)OCO3)CC1.